The molecule has 4 heteroatoms. The highest BCUT2D eigenvalue weighted by atomic mass is 35.5. The molecule has 0 bridgehead atoms. The van der Waals surface area contributed by atoms with Crippen molar-refractivity contribution in [3.63, 3.8) is 0 Å². The van der Waals surface area contributed by atoms with Gasteiger partial charge in [0, 0.05) is 14.1 Å². The number of benzene rings is 1. The highest BCUT2D eigenvalue weighted by Gasteiger charge is 2.07. The Balaban J connectivity index is 3.17. The number of carbonyl (C=O) groups excluding carboxylic acids is 1. The Morgan fingerprint density at radius 1 is 1.46 bits per heavy atom. The Labute approximate surface area is 82.3 Å². The van der Waals surface area contributed by atoms with Gasteiger partial charge in [0.1, 0.15) is 0 Å². The number of amides is 1. The summed E-state index contributed by atoms with van der Waals surface area (Å²) in [5.74, 6) is 0. The van der Waals surface area contributed by atoms with E-state index in [9.17, 15) is 4.79 Å². The summed E-state index contributed by atoms with van der Waals surface area (Å²) in [5, 5.41) is 3.21. The zero-order valence-electron chi connectivity index (χ0n) is 7.54. The molecule has 0 aliphatic rings. The minimum absolute atomic E-state index is 0.622. The fourth-order valence-corrected chi connectivity index (χ4v) is 1.49. The van der Waals surface area contributed by atoms with Crippen molar-refractivity contribution in [1.82, 2.24) is 0 Å². The van der Waals surface area contributed by atoms with Crippen LogP contribution in [-0.2, 0) is 4.79 Å². The molecule has 1 amide bonds. The van der Waals surface area contributed by atoms with E-state index in [0.29, 0.717) is 17.1 Å². The molecule has 1 aromatic rings. The van der Waals surface area contributed by atoms with Gasteiger partial charge in [0.05, 0.1) is 16.4 Å². The number of hydrogen-bond donors (Lipinski definition) is 1. The largest absolute Gasteiger partial charge is 0.375 e. The third-order valence-corrected chi connectivity index (χ3v) is 1.95. The molecule has 0 atom stereocenters. The molecule has 0 spiro atoms. The van der Waals surface area contributed by atoms with Crippen LogP contribution < -0.4 is 10.2 Å². The van der Waals surface area contributed by atoms with Crippen molar-refractivity contribution in [2.24, 2.45) is 0 Å². The average molecular weight is 199 g/mol. The molecule has 0 radical (unpaired) electrons. The van der Waals surface area contributed by atoms with Crippen molar-refractivity contribution in [3.8, 4) is 0 Å². The second-order valence-corrected chi connectivity index (χ2v) is 3.20. The third-order valence-electron chi connectivity index (χ3n) is 1.65. The standard InChI is InChI=1S/C9H11ClN2O/c1-12(2)9-7(10)4-3-5-8(9)11-6-13/h3-6H,1-2H3,(H,11,13). The Morgan fingerprint density at radius 2 is 2.15 bits per heavy atom. The summed E-state index contributed by atoms with van der Waals surface area (Å²) < 4.78 is 0. The van der Waals surface area contributed by atoms with Gasteiger partial charge >= 0.3 is 0 Å². The topological polar surface area (TPSA) is 32.3 Å². The van der Waals surface area contributed by atoms with E-state index in [0.717, 1.165) is 5.69 Å². The number of para-hydroxylation sites is 1. The number of anilines is 2. The van der Waals surface area contributed by atoms with Crippen LogP contribution in [0.5, 0.6) is 0 Å². The van der Waals surface area contributed by atoms with Gasteiger partial charge in [-0.1, -0.05) is 17.7 Å². The molecule has 0 aliphatic carbocycles. The van der Waals surface area contributed by atoms with E-state index in [2.05, 4.69) is 5.32 Å². The molecule has 1 aromatic carbocycles. The van der Waals surface area contributed by atoms with Gasteiger partial charge in [0.15, 0.2) is 0 Å². The van der Waals surface area contributed by atoms with E-state index in [4.69, 9.17) is 11.6 Å². The Kier molecular flexibility index (Phi) is 3.14. The summed E-state index contributed by atoms with van der Waals surface area (Å²) in [6.07, 6.45) is 0.638. The molecule has 0 heterocycles. The second-order valence-electron chi connectivity index (χ2n) is 2.79. The molecule has 0 saturated carbocycles. The van der Waals surface area contributed by atoms with Crippen molar-refractivity contribution in [3.05, 3.63) is 23.2 Å². The molecule has 1 N–H and O–H groups in total. The van der Waals surface area contributed by atoms with Gasteiger partial charge in [-0.05, 0) is 12.1 Å². The molecule has 0 unspecified atom stereocenters. The molecular formula is C9H11ClN2O. The molecule has 1 rings (SSSR count). The number of halogens is 1. The Hall–Kier alpha value is -1.22. The Bertz CT molecular complexity index is 312. The highest BCUT2D eigenvalue weighted by molar-refractivity contribution is 6.34. The summed E-state index contributed by atoms with van der Waals surface area (Å²) in [4.78, 5) is 12.1. The van der Waals surface area contributed by atoms with Crippen LogP contribution in [-0.4, -0.2) is 20.5 Å². The highest BCUT2D eigenvalue weighted by Crippen LogP contribution is 2.31. The first-order chi connectivity index (χ1) is 6.16. The molecule has 0 aliphatic heterocycles. The smallest absolute Gasteiger partial charge is 0.211 e. The average Bonchev–Trinajstić information content (AvgIpc) is 2.04. The number of carbonyl (C=O) groups is 1. The first-order valence-corrected chi connectivity index (χ1v) is 4.20. The molecular weight excluding hydrogens is 188 g/mol. The molecule has 3 nitrogen and oxygen atoms in total. The summed E-state index contributed by atoms with van der Waals surface area (Å²) in [5.41, 5.74) is 1.53. The maximum Gasteiger partial charge on any atom is 0.211 e. The van der Waals surface area contributed by atoms with Gasteiger partial charge < -0.3 is 10.2 Å². The lowest BCUT2D eigenvalue weighted by Crippen LogP contribution is -2.12. The first kappa shape index (κ1) is 9.86. The second kappa shape index (κ2) is 4.14. The summed E-state index contributed by atoms with van der Waals surface area (Å²) in [6, 6.07) is 5.38. The van der Waals surface area contributed by atoms with Crippen LogP contribution in [0.15, 0.2) is 18.2 Å². The van der Waals surface area contributed by atoms with Crippen LogP contribution in [0.25, 0.3) is 0 Å². The van der Waals surface area contributed by atoms with E-state index >= 15 is 0 Å². The fourth-order valence-electron chi connectivity index (χ4n) is 1.15. The van der Waals surface area contributed by atoms with E-state index in [1.807, 2.05) is 19.0 Å². The number of nitrogens with zero attached hydrogens (tertiary/aromatic N) is 1. The number of rotatable bonds is 3. The monoisotopic (exact) mass is 198 g/mol. The lowest BCUT2D eigenvalue weighted by Gasteiger charge is -2.17. The van der Waals surface area contributed by atoms with Crippen molar-refractivity contribution >= 4 is 29.4 Å². The number of nitrogens with one attached hydrogen (secondary N) is 1. The van der Waals surface area contributed by atoms with Crippen LogP contribution >= 0.6 is 11.6 Å². The van der Waals surface area contributed by atoms with E-state index in [1.54, 1.807) is 18.2 Å². The van der Waals surface area contributed by atoms with Crippen LogP contribution in [0.4, 0.5) is 11.4 Å². The first-order valence-electron chi connectivity index (χ1n) is 3.83. The zero-order valence-corrected chi connectivity index (χ0v) is 8.30. The van der Waals surface area contributed by atoms with Crippen LogP contribution in [0.1, 0.15) is 0 Å². The van der Waals surface area contributed by atoms with E-state index in [-0.39, 0.29) is 0 Å². The Morgan fingerprint density at radius 3 is 2.69 bits per heavy atom. The zero-order chi connectivity index (χ0) is 9.84. The number of hydrogen-bond acceptors (Lipinski definition) is 2. The molecule has 0 aromatic heterocycles. The SMILES string of the molecule is CN(C)c1c(Cl)cccc1NC=O. The van der Waals surface area contributed by atoms with Gasteiger partial charge in [0.25, 0.3) is 0 Å². The molecule has 70 valence electrons. The van der Waals surface area contributed by atoms with Gasteiger partial charge in [-0.2, -0.15) is 0 Å². The predicted molar refractivity (Wildman–Crippen MR) is 55.5 cm³/mol. The van der Waals surface area contributed by atoms with Crippen molar-refractivity contribution in [2.45, 2.75) is 0 Å². The van der Waals surface area contributed by atoms with Gasteiger partial charge in [0.2, 0.25) is 6.41 Å². The summed E-state index contributed by atoms with van der Waals surface area (Å²) >= 11 is 5.96. The third kappa shape index (κ3) is 2.12. The maximum absolute atomic E-state index is 10.3. The van der Waals surface area contributed by atoms with Crippen LogP contribution in [0.2, 0.25) is 5.02 Å². The molecule has 0 fully saturated rings. The molecule has 13 heavy (non-hydrogen) atoms. The predicted octanol–water partition coefficient (Wildman–Crippen LogP) is 1.97. The lowest BCUT2D eigenvalue weighted by molar-refractivity contribution is -0.105. The minimum atomic E-state index is 0.622. The van der Waals surface area contributed by atoms with Gasteiger partial charge in [-0.25, -0.2) is 0 Å². The minimum Gasteiger partial charge on any atom is -0.375 e. The lowest BCUT2D eigenvalue weighted by atomic mass is 10.2. The summed E-state index contributed by atoms with van der Waals surface area (Å²) in [6.45, 7) is 0. The van der Waals surface area contributed by atoms with Crippen molar-refractivity contribution < 1.29 is 4.79 Å². The fraction of sp³-hybridized carbons (Fsp3) is 0.222. The quantitative estimate of drug-likeness (QED) is 0.754. The van der Waals surface area contributed by atoms with Gasteiger partial charge in [-0.3, -0.25) is 4.79 Å². The molecule has 0 saturated heterocycles. The summed E-state index contributed by atoms with van der Waals surface area (Å²) in [7, 11) is 3.74. The van der Waals surface area contributed by atoms with Gasteiger partial charge in [-0.15, -0.1) is 0 Å². The van der Waals surface area contributed by atoms with Crippen LogP contribution in [0.3, 0.4) is 0 Å². The maximum atomic E-state index is 10.3. The van der Waals surface area contributed by atoms with Crippen LogP contribution in [0, 0.1) is 0 Å². The van der Waals surface area contributed by atoms with Crippen molar-refractivity contribution in [1.29, 1.82) is 0 Å². The van der Waals surface area contributed by atoms with E-state index < -0.39 is 0 Å². The van der Waals surface area contributed by atoms with E-state index in [1.165, 1.54) is 0 Å². The van der Waals surface area contributed by atoms with Crippen molar-refractivity contribution in [2.75, 3.05) is 24.3 Å². The normalized spacial score (nSPS) is 9.46.